The fourth-order valence-electron chi connectivity index (χ4n) is 2.51. The minimum Gasteiger partial charge on any atom is -0.355 e. The van der Waals surface area contributed by atoms with Gasteiger partial charge in [-0.05, 0) is 25.7 Å². The lowest BCUT2D eigenvalue weighted by molar-refractivity contribution is 0.444. The number of sulfonamides is 1. The zero-order valence-corrected chi connectivity index (χ0v) is 12.9. The summed E-state index contributed by atoms with van der Waals surface area (Å²) in [5.74, 6) is 0.938. The molecule has 0 saturated carbocycles. The maximum Gasteiger partial charge on any atom is 0.246 e. The van der Waals surface area contributed by atoms with Crippen LogP contribution in [-0.2, 0) is 10.0 Å². The van der Waals surface area contributed by atoms with Crippen molar-refractivity contribution < 1.29 is 8.42 Å². The Morgan fingerprint density at radius 1 is 1.35 bits per heavy atom. The third kappa shape index (κ3) is 3.27. The van der Waals surface area contributed by atoms with Crippen LogP contribution in [-0.4, -0.2) is 42.3 Å². The van der Waals surface area contributed by atoms with E-state index in [-0.39, 0.29) is 4.90 Å². The normalized spacial score (nSPS) is 20.2. The summed E-state index contributed by atoms with van der Waals surface area (Å²) >= 11 is 0. The fraction of sp³-hybridized carbons (Fsp3) is 0.692. The molecule has 1 aliphatic rings. The van der Waals surface area contributed by atoms with Crippen LogP contribution in [0.3, 0.4) is 0 Å². The van der Waals surface area contributed by atoms with Crippen LogP contribution in [0.5, 0.6) is 0 Å². The van der Waals surface area contributed by atoms with Crippen molar-refractivity contribution in [3.63, 3.8) is 0 Å². The minimum atomic E-state index is -3.44. The van der Waals surface area contributed by atoms with Crippen molar-refractivity contribution in [3.05, 3.63) is 12.4 Å². The van der Waals surface area contributed by atoms with E-state index in [9.17, 15) is 8.42 Å². The SMILES string of the molecule is CCCC1CCN(S(=O)(=O)c2cnc(NCC)nc2)C1. The molecule has 112 valence electrons. The second-order valence-electron chi connectivity index (χ2n) is 5.08. The van der Waals surface area contributed by atoms with Gasteiger partial charge in [0.15, 0.2) is 0 Å². The lowest BCUT2D eigenvalue weighted by Gasteiger charge is -2.16. The highest BCUT2D eigenvalue weighted by Gasteiger charge is 2.32. The van der Waals surface area contributed by atoms with E-state index in [1.807, 2.05) is 6.92 Å². The summed E-state index contributed by atoms with van der Waals surface area (Å²) in [6.07, 6.45) is 5.89. The molecule has 20 heavy (non-hydrogen) atoms. The quantitative estimate of drug-likeness (QED) is 0.865. The fourth-order valence-corrected chi connectivity index (χ4v) is 3.93. The summed E-state index contributed by atoms with van der Waals surface area (Å²) in [4.78, 5) is 8.24. The van der Waals surface area contributed by atoms with Crippen molar-refractivity contribution in [2.45, 2.75) is 38.0 Å². The summed E-state index contributed by atoms with van der Waals surface area (Å²) < 4.78 is 26.5. The van der Waals surface area contributed by atoms with Crippen LogP contribution in [0.15, 0.2) is 17.3 Å². The van der Waals surface area contributed by atoms with Crippen LogP contribution in [0, 0.1) is 5.92 Å². The number of aromatic nitrogens is 2. The van der Waals surface area contributed by atoms with Crippen LogP contribution in [0.2, 0.25) is 0 Å². The van der Waals surface area contributed by atoms with Gasteiger partial charge in [0.25, 0.3) is 0 Å². The molecule has 1 N–H and O–H groups in total. The molecule has 0 aliphatic carbocycles. The van der Waals surface area contributed by atoms with Crippen molar-refractivity contribution in [3.8, 4) is 0 Å². The van der Waals surface area contributed by atoms with E-state index >= 15 is 0 Å². The molecule has 1 fully saturated rings. The molecule has 1 aromatic heterocycles. The molecule has 7 heteroatoms. The molecule has 0 bridgehead atoms. The van der Waals surface area contributed by atoms with Gasteiger partial charge in [-0.25, -0.2) is 18.4 Å². The lowest BCUT2D eigenvalue weighted by atomic mass is 10.0. The monoisotopic (exact) mass is 298 g/mol. The number of nitrogens with zero attached hydrogens (tertiary/aromatic N) is 3. The predicted molar refractivity (Wildman–Crippen MR) is 78.0 cm³/mol. The van der Waals surface area contributed by atoms with Crippen LogP contribution in [0.1, 0.15) is 33.1 Å². The zero-order chi connectivity index (χ0) is 14.6. The molecule has 0 amide bonds. The first-order valence-corrected chi connectivity index (χ1v) is 8.58. The van der Waals surface area contributed by atoms with E-state index in [4.69, 9.17) is 0 Å². The van der Waals surface area contributed by atoms with E-state index < -0.39 is 10.0 Å². The average molecular weight is 298 g/mol. The molecule has 0 aromatic carbocycles. The van der Waals surface area contributed by atoms with Gasteiger partial charge in [0.1, 0.15) is 4.90 Å². The molecule has 6 nitrogen and oxygen atoms in total. The van der Waals surface area contributed by atoms with Crippen molar-refractivity contribution in [2.75, 3.05) is 25.0 Å². The Morgan fingerprint density at radius 2 is 2.05 bits per heavy atom. The van der Waals surface area contributed by atoms with Gasteiger partial charge in [0, 0.05) is 19.6 Å². The number of hydrogen-bond acceptors (Lipinski definition) is 5. The van der Waals surface area contributed by atoms with E-state index in [1.54, 1.807) is 4.31 Å². The van der Waals surface area contributed by atoms with Gasteiger partial charge in [-0.15, -0.1) is 0 Å². The van der Waals surface area contributed by atoms with Crippen LogP contribution in [0.25, 0.3) is 0 Å². The molecule has 2 rings (SSSR count). The first-order chi connectivity index (χ1) is 9.57. The lowest BCUT2D eigenvalue weighted by Crippen LogP contribution is -2.29. The molecular formula is C13H22N4O2S. The Kier molecular flexibility index (Phi) is 4.93. The Morgan fingerprint density at radius 3 is 2.65 bits per heavy atom. The smallest absolute Gasteiger partial charge is 0.246 e. The Balaban J connectivity index is 2.10. The van der Waals surface area contributed by atoms with Crippen molar-refractivity contribution >= 4 is 16.0 Å². The van der Waals surface area contributed by atoms with Crippen molar-refractivity contribution in [1.82, 2.24) is 14.3 Å². The third-order valence-electron chi connectivity index (χ3n) is 3.55. The minimum absolute atomic E-state index is 0.177. The molecule has 0 radical (unpaired) electrons. The second kappa shape index (κ2) is 6.49. The predicted octanol–water partition coefficient (Wildman–Crippen LogP) is 1.72. The van der Waals surface area contributed by atoms with E-state index in [0.717, 1.165) is 19.3 Å². The van der Waals surface area contributed by atoms with Crippen LogP contribution >= 0.6 is 0 Å². The summed E-state index contributed by atoms with van der Waals surface area (Å²) in [7, 11) is -3.44. The van der Waals surface area contributed by atoms with Gasteiger partial charge in [-0.3, -0.25) is 0 Å². The first-order valence-electron chi connectivity index (χ1n) is 7.14. The highest BCUT2D eigenvalue weighted by molar-refractivity contribution is 7.89. The summed E-state index contributed by atoms with van der Waals surface area (Å²) in [5.41, 5.74) is 0. The molecule has 1 saturated heterocycles. The molecule has 2 heterocycles. The largest absolute Gasteiger partial charge is 0.355 e. The Hall–Kier alpha value is -1.21. The van der Waals surface area contributed by atoms with Crippen LogP contribution in [0.4, 0.5) is 5.95 Å². The van der Waals surface area contributed by atoms with Gasteiger partial charge < -0.3 is 5.32 Å². The van der Waals surface area contributed by atoms with Crippen molar-refractivity contribution in [1.29, 1.82) is 0 Å². The van der Waals surface area contributed by atoms with Crippen molar-refractivity contribution in [2.24, 2.45) is 5.92 Å². The van der Waals surface area contributed by atoms with Gasteiger partial charge in [0.2, 0.25) is 16.0 Å². The molecule has 1 atom stereocenters. The van der Waals surface area contributed by atoms with Gasteiger partial charge >= 0.3 is 0 Å². The number of nitrogens with one attached hydrogen (secondary N) is 1. The average Bonchev–Trinajstić information content (AvgIpc) is 2.90. The summed E-state index contributed by atoms with van der Waals surface area (Å²) in [6.45, 7) is 5.99. The topological polar surface area (TPSA) is 75.2 Å². The molecule has 0 spiro atoms. The van der Waals surface area contributed by atoms with E-state index in [1.165, 1.54) is 12.4 Å². The maximum absolute atomic E-state index is 12.5. The first kappa shape index (κ1) is 15.2. The van der Waals surface area contributed by atoms with E-state index in [2.05, 4.69) is 22.2 Å². The highest BCUT2D eigenvalue weighted by atomic mass is 32.2. The molecule has 1 aliphatic heterocycles. The Labute approximate surface area is 120 Å². The van der Waals surface area contributed by atoms with Crippen LogP contribution < -0.4 is 5.32 Å². The molecule has 1 aromatic rings. The van der Waals surface area contributed by atoms with E-state index in [0.29, 0.717) is 31.5 Å². The highest BCUT2D eigenvalue weighted by Crippen LogP contribution is 2.26. The molecular weight excluding hydrogens is 276 g/mol. The zero-order valence-electron chi connectivity index (χ0n) is 12.0. The number of hydrogen-bond donors (Lipinski definition) is 1. The van der Waals surface area contributed by atoms with Gasteiger partial charge in [-0.2, -0.15) is 4.31 Å². The summed E-state index contributed by atoms with van der Waals surface area (Å²) in [5, 5.41) is 2.95. The standard InChI is InChI=1S/C13H22N4O2S/c1-3-5-11-6-7-17(10-11)20(18,19)12-8-15-13(14-4-2)16-9-12/h8-9,11H,3-7,10H2,1-2H3,(H,14,15,16). The third-order valence-corrected chi connectivity index (χ3v) is 5.36. The summed E-state index contributed by atoms with van der Waals surface area (Å²) in [6, 6.07) is 0. The Bertz CT molecular complexity index is 530. The second-order valence-corrected chi connectivity index (χ2v) is 7.02. The van der Waals surface area contributed by atoms with Gasteiger partial charge in [0.05, 0.1) is 12.4 Å². The number of rotatable bonds is 6. The molecule has 1 unspecified atom stereocenters. The number of anilines is 1. The maximum atomic E-state index is 12.5. The van der Waals surface area contributed by atoms with Gasteiger partial charge in [-0.1, -0.05) is 13.3 Å².